The first-order chi connectivity index (χ1) is 7.33. The van der Waals surface area contributed by atoms with E-state index >= 15 is 0 Å². The van der Waals surface area contributed by atoms with Crippen molar-refractivity contribution >= 4 is 23.4 Å². The second-order valence-electron chi connectivity index (χ2n) is 3.36. The van der Waals surface area contributed by atoms with E-state index in [1.54, 1.807) is 0 Å². The summed E-state index contributed by atoms with van der Waals surface area (Å²) in [4.78, 5) is 0. The second-order valence-corrected chi connectivity index (χ2v) is 5.19. The van der Waals surface area contributed by atoms with Gasteiger partial charge in [0.25, 0.3) is 0 Å². The summed E-state index contributed by atoms with van der Waals surface area (Å²) in [6.07, 6.45) is 1.24. The van der Waals surface area contributed by atoms with Gasteiger partial charge in [-0.05, 0) is 42.2 Å². The normalized spacial score (nSPS) is 10.5. The summed E-state index contributed by atoms with van der Waals surface area (Å²) in [6.45, 7) is 4.20. The van der Waals surface area contributed by atoms with Crippen LogP contribution in [0, 0.1) is 0 Å². The van der Waals surface area contributed by atoms with E-state index in [-0.39, 0.29) is 0 Å². The van der Waals surface area contributed by atoms with Gasteiger partial charge in [-0.25, -0.2) is 0 Å². The van der Waals surface area contributed by atoms with Gasteiger partial charge < -0.3 is 5.32 Å². The molecule has 0 aliphatic heterocycles. The molecule has 0 aliphatic carbocycles. The third-order valence-electron chi connectivity index (χ3n) is 2.06. The maximum Gasteiger partial charge on any atom is 0.0409 e. The highest BCUT2D eigenvalue weighted by Gasteiger charge is 1.93. The molecule has 0 aromatic heterocycles. The number of benzene rings is 1. The van der Waals surface area contributed by atoms with Crippen molar-refractivity contribution in [1.29, 1.82) is 0 Å². The Labute approximate surface area is 102 Å². The molecular weight excluding hydrogens is 226 g/mol. The van der Waals surface area contributed by atoms with Crippen LogP contribution in [-0.4, -0.2) is 18.1 Å². The molecule has 1 N–H and O–H groups in total. The molecule has 15 heavy (non-hydrogen) atoms. The molecule has 0 bridgehead atoms. The third-order valence-corrected chi connectivity index (χ3v) is 3.29. The number of halogens is 1. The van der Waals surface area contributed by atoms with Crippen LogP contribution in [0.15, 0.2) is 24.3 Å². The van der Waals surface area contributed by atoms with Crippen LogP contribution in [0.1, 0.15) is 18.9 Å². The van der Waals surface area contributed by atoms with Crippen molar-refractivity contribution < 1.29 is 0 Å². The van der Waals surface area contributed by atoms with E-state index in [0.717, 1.165) is 18.1 Å². The van der Waals surface area contributed by atoms with Gasteiger partial charge in [0.05, 0.1) is 0 Å². The summed E-state index contributed by atoms with van der Waals surface area (Å²) in [7, 11) is 0. The van der Waals surface area contributed by atoms with Crippen LogP contribution < -0.4 is 5.32 Å². The summed E-state index contributed by atoms with van der Waals surface area (Å²) in [6, 6.07) is 8.00. The molecule has 1 aromatic rings. The average molecular weight is 244 g/mol. The first kappa shape index (κ1) is 12.9. The Balaban J connectivity index is 2.10. The topological polar surface area (TPSA) is 12.0 Å². The van der Waals surface area contributed by atoms with Crippen LogP contribution in [0.2, 0.25) is 5.02 Å². The zero-order valence-corrected chi connectivity index (χ0v) is 10.7. The standard InChI is InChI=1S/C12H18ClNS/c1-2-15-8-4-7-14-10-11-5-3-6-12(13)9-11/h3,5-6,9,14H,2,4,7-8,10H2,1H3. The molecule has 0 aliphatic rings. The highest BCUT2D eigenvalue weighted by molar-refractivity contribution is 7.99. The van der Waals surface area contributed by atoms with E-state index in [4.69, 9.17) is 11.6 Å². The molecule has 1 aromatic carbocycles. The van der Waals surface area contributed by atoms with Crippen molar-refractivity contribution in [2.24, 2.45) is 0 Å². The van der Waals surface area contributed by atoms with Gasteiger partial charge in [-0.15, -0.1) is 0 Å². The Morgan fingerprint density at radius 2 is 2.27 bits per heavy atom. The highest BCUT2D eigenvalue weighted by atomic mass is 35.5. The lowest BCUT2D eigenvalue weighted by Crippen LogP contribution is -2.15. The van der Waals surface area contributed by atoms with Gasteiger partial charge in [0.15, 0.2) is 0 Å². The monoisotopic (exact) mass is 243 g/mol. The van der Waals surface area contributed by atoms with Crippen molar-refractivity contribution in [1.82, 2.24) is 5.32 Å². The summed E-state index contributed by atoms with van der Waals surface area (Å²) >= 11 is 7.89. The zero-order chi connectivity index (χ0) is 10.9. The maximum atomic E-state index is 5.90. The minimum absolute atomic E-state index is 0.816. The molecule has 0 amide bonds. The van der Waals surface area contributed by atoms with Crippen molar-refractivity contribution in [3.8, 4) is 0 Å². The van der Waals surface area contributed by atoms with E-state index in [1.807, 2.05) is 30.0 Å². The first-order valence-corrected chi connectivity index (χ1v) is 6.89. The number of thioether (sulfide) groups is 1. The van der Waals surface area contributed by atoms with E-state index in [2.05, 4.69) is 18.3 Å². The van der Waals surface area contributed by atoms with Crippen molar-refractivity contribution in [2.75, 3.05) is 18.1 Å². The molecular formula is C12H18ClNS. The maximum absolute atomic E-state index is 5.90. The zero-order valence-electron chi connectivity index (χ0n) is 9.13. The Kier molecular flexibility index (Phi) is 6.90. The molecule has 0 unspecified atom stereocenters. The van der Waals surface area contributed by atoms with E-state index < -0.39 is 0 Å². The van der Waals surface area contributed by atoms with Crippen LogP contribution >= 0.6 is 23.4 Å². The summed E-state index contributed by atoms with van der Waals surface area (Å²) in [5, 5.41) is 4.23. The quantitative estimate of drug-likeness (QED) is 0.735. The lowest BCUT2D eigenvalue weighted by molar-refractivity contribution is 0.679. The van der Waals surface area contributed by atoms with Crippen molar-refractivity contribution in [3.05, 3.63) is 34.9 Å². The molecule has 0 heterocycles. The molecule has 1 rings (SSSR count). The predicted octanol–water partition coefficient (Wildman–Crippen LogP) is 3.57. The van der Waals surface area contributed by atoms with Gasteiger partial charge in [-0.2, -0.15) is 11.8 Å². The number of nitrogens with one attached hydrogen (secondary N) is 1. The molecule has 0 spiro atoms. The predicted molar refractivity (Wildman–Crippen MR) is 70.8 cm³/mol. The Morgan fingerprint density at radius 3 is 3.00 bits per heavy atom. The molecule has 84 valence electrons. The lowest BCUT2D eigenvalue weighted by Gasteiger charge is -2.04. The number of rotatable bonds is 7. The first-order valence-electron chi connectivity index (χ1n) is 5.36. The molecule has 0 saturated carbocycles. The van der Waals surface area contributed by atoms with Gasteiger partial charge in [0.2, 0.25) is 0 Å². The van der Waals surface area contributed by atoms with Gasteiger partial charge in [0.1, 0.15) is 0 Å². The molecule has 3 heteroatoms. The summed E-state index contributed by atoms with van der Waals surface area (Å²) < 4.78 is 0. The molecule has 0 saturated heterocycles. The van der Waals surface area contributed by atoms with Crippen molar-refractivity contribution in [3.63, 3.8) is 0 Å². The van der Waals surface area contributed by atoms with Crippen LogP contribution in [0.5, 0.6) is 0 Å². The minimum Gasteiger partial charge on any atom is -0.313 e. The Morgan fingerprint density at radius 1 is 1.40 bits per heavy atom. The number of hydrogen-bond donors (Lipinski definition) is 1. The fourth-order valence-electron chi connectivity index (χ4n) is 1.32. The van der Waals surface area contributed by atoms with Gasteiger partial charge >= 0.3 is 0 Å². The fraction of sp³-hybridized carbons (Fsp3) is 0.500. The van der Waals surface area contributed by atoms with E-state index in [0.29, 0.717) is 0 Å². The van der Waals surface area contributed by atoms with E-state index in [9.17, 15) is 0 Å². The smallest absolute Gasteiger partial charge is 0.0409 e. The van der Waals surface area contributed by atoms with Crippen molar-refractivity contribution in [2.45, 2.75) is 19.9 Å². The molecule has 0 radical (unpaired) electrons. The third kappa shape index (κ3) is 6.08. The molecule has 1 nitrogen and oxygen atoms in total. The average Bonchev–Trinajstić information content (AvgIpc) is 2.23. The highest BCUT2D eigenvalue weighted by Crippen LogP contribution is 2.10. The molecule has 0 fully saturated rings. The van der Waals surface area contributed by atoms with Crippen LogP contribution in [0.25, 0.3) is 0 Å². The van der Waals surface area contributed by atoms with Gasteiger partial charge in [-0.1, -0.05) is 30.7 Å². The van der Waals surface area contributed by atoms with Crippen LogP contribution in [-0.2, 0) is 6.54 Å². The Hall–Kier alpha value is -0.180. The van der Waals surface area contributed by atoms with E-state index in [1.165, 1.54) is 23.5 Å². The van der Waals surface area contributed by atoms with Crippen LogP contribution in [0.3, 0.4) is 0 Å². The lowest BCUT2D eigenvalue weighted by atomic mass is 10.2. The second kappa shape index (κ2) is 8.03. The largest absolute Gasteiger partial charge is 0.313 e. The fourth-order valence-corrected chi connectivity index (χ4v) is 2.17. The van der Waals surface area contributed by atoms with Gasteiger partial charge in [-0.3, -0.25) is 0 Å². The molecule has 0 atom stereocenters. The Bertz CT molecular complexity index is 278. The minimum atomic E-state index is 0.816. The SMILES string of the molecule is CCSCCCNCc1cccc(Cl)c1. The summed E-state index contributed by atoms with van der Waals surface area (Å²) in [5.74, 6) is 2.47. The summed E-state index contributed by atoms with van der Waals surface area (Å²) in [5.41, 5.74) is 1.26. The van der Waals surface area contributed by atoms with Gasteiger partial charge in [0, 0.05) is 11.6 Å². The van der Waals surface area contributed by atoms with Crippen LogP contribution in [0.4, 0.5) is 0 Å². The number of hydrogen-bond acceptors (Lipinski definition) is 2.